The molecular formula is C17H20N4O2S. The molecule has 0 atom stereocenters. The van der Waals surface area contributed by atoms with Gasteiger partial charge >= 0.3 is 0 Å². The van der Waals surface area contributed by atoms with Crippen LogP contribution in [-0.2, 0) is 4.79 Å². The van der Waals surface area contributed by atoms with Crippen LogP contribution in [0, 0.1) is 6.92 Å². The molecule has 0 bridgehead atoms. The Balaban J connectivity index is 1.74. The molecule has 4 N–H and O–H groups in total. The Morgan fingerprint density at radius 2 is 1.79 bits per heavy atom. The predicted octanol–water partition coefficient (Wildman–Crippen LogP) is 2.43. The van der Waals surface area contributed by atoms with Crippen LogP contribution >= 0.6 is 12.2 Å². The third-order valence-corrected chi connectivity index (χ3v) is 3.38. The zero-order valence-electron chi connectivity index (χ0n) is 13.6. The quantitative estimate of drug-likeness (QED) is 0.493. The Kier molecular flexibility index (Phi) is 6.39. The van der Waals surface area contributed by atoms with E-state index in [0.717, 1.165) is 16.9 Å². The molecule has 2 rings (SSSR count). The number of aryl methyl sites for hydroxylation is 1. The van der Waals surface area contributed by atoms with Crippen molar-refractivity contribution in [1.29, 1.82) is 0 Å². The second-order valence-electron chi connectivity index (χ2n) is 5.05. The maximum atomic E-state index is 11.9. The molecule has 0 aliphatic rings. The molecule has 0 heterocycles. The molecule has 24 heavy (non-hydrogen) atoms. The van der Waals surface area contributed by atoms with Crippen LogP contribution in [-0.4, -0.2) is 24.7 Å². The van der Waals surface area contributed by atoms with Gasteiger partial charge in [-0.15, -0.1) is 0 Å². The number of hydrazine groups is 1. The van der Waals surface area contributed by atoms with Crippen molar-refractivity contribution >= 4 is 34.6 Å². The van der Waals surface area contributed by atoms with Crippen molar-refractivity contribution in [3.05, 3.63) is 54.1 Å². The molecule has 126 valence electrons. The number of hydrogen-bond acceptors (Lipinski definition) is 4. The van der Waals surface area contributed by atoms with Gasteiger partial charge in [0.15, 0.2) is 5.11 Å². The van der Waals surface area contributed by atoms with Gasteiger partial charge in [0.25, 0.3) is 5.91 Å². The number of hydrogen-bond donors (Lipinski definition) is 4. The third kappa shape index (κ3) is 5.44. The van der Waals surface area contributed by atoms with Gasteiger partial charge in [0.2, 0.25) is 0 Å². The molecule has 7 heteroatoms. The zero-order chi connectivity index (χ0) is 17.4. The minimum absolute atomic E-state index is 0.0838. The smallest absolute Gasteiger partial charge is 0.257 e. The van der Waals surface area contributed by atoms with Gasteiger partial charge in [0.05, 0.1) is 19.3 Å². The van der Waals surface area contributed by atoms with Crippen LogP contribution in [0.4, 0.5) is 11.4 Å². The first-order valence-corrected chi connectivity index (χ1v) is 7.78. The van der Waals surface area contributed by atoms with Crippen LogP contribution in [0.3, 0.4) is 0 Å². The number of ether oxygens (including phenoxy) is 1. The lowest BCUT2D eigenvalue weighted by Gasteiger charge is -2.13. The van der Waals surface area contributed by atoms with Crippen LogP contribution in [0.2, 0.25) is 0 Å². The van der Waals surface area contributed by atoms with Crippen LogP contribution in [0.1, 0.15) is 5.56 Å². The second-order valence-corrected chi connectivity index (χ2v) is 5.46. The third-order valence-electron chi connectivity index (χ3n) is 3.17. The summed E-state index contributed by atoms with van der Waals surface area (Å²) < 4.78 is 5.21. The van der Waals surface area contributed by atoms with Crippen molar-refractivity contribution in [1.82, 2.24) is 10.9 Å². The Labute approximate surface area is 146 Å². The van der Waals surface area contributed by atoms with E-state index in [1.807, 2.05) is 55.5 Å². The van der Waals surface area contributed by atoms with Crippen LogP contribution in [0.5, 0.6) is 5.75 Å². The van der Waals surface area contributed by atoms with E-state index in [1.54, 1.807) is 7.11 Å². The summed E-state index contributed by atoms with van der Waals surface area (Å²) in [7, 11) is 1.58. The maximum absolute atomic E-state index is 11.9. The number of anilines is 2. The fraction of sp³-hybridized carbons (Fsp3) is 0.176. The molecule has 0 saturated heterocycles. The molecule has 2 aromatic rings. The fourth-order valence-corrected chi connectivity index (χ4v) is 2.10. The summed E-state index contributed by atoms with van der Waals surface area (Å²) in [5, 5.41) is 6.29. The van der Waals surface area contributed by atoms with E-state index in [0.29, 0.717) is 10.9 Å². The summed E-state index contributed by atoms with van der Waals surface area (Å²) in [4.78, 5) is 11.9. The highest BCUT2D eigenvalue weighted by molar-refractivity contribution is 7.80. The van der Waals surface area contributed by atoms with Gasteiger partial charge in [0.1, 0.15) is 5.75 Å². The van der Waals surface area contributed by atoms with Crippen LogP contribution < -0.4 is 26.2 Å². The van der Waals surface area contributed by atoms with Gasteiger partial charge in [0, 0.05) is 5.69 Å². The van der Waals surface area contributed by atoms with Gasteiger partial charge in [-0.25, -0.2) is 0 Å². The summed E-state index contributed by atoms with van der Waals surface area (Å²) in [6.45, 7) is 2.09. The van der Waals surface area contributed by atoms with Crippen LogP contribution in [0.25, 0.3) is 0 Å². The van der Waals surface area contributed by atoms with E-state index in [-0.39, 0.29) is 12.5 Å². The van der Waals surface area contributed by atoms with E-state index in [9.17, 15) is 4.79 Å². The average molecular weight is 344 g/mol. The highest BCUT2D eigenvalue weighted by Crippen LogP contribution is 2.22. The molecule has 0 aromatic heterocycles. The summed E-state index contributed by atoms with van der Waals surface area (Å²) in [6, 6.07) is 15.1. The number of para-hydroxylation sites is 2. The average Bonchev–Trinajstić information content (AvgIpc) is 2.60. The summed E-state index contributed by atoms with van der Waals surface area (Å²) >= 11 is 5.13. The molecule has 0 unspecified atom stereocenters. The number of rotatable bonds is 5. The fourth-order valence-electron chi connectivity index (χ4n) is 1.94. The van der Waals surface area contributed by atoms with E-state index in [1.165, 1.54) is 0 Å². The number of amides is 1. The second kappa shape index (κ2) is 8.73. The summed E-state index contributed by atoms with van der Waals surface area (Å²) in [6.07, 6.45) is 0. The Morgan fingerprint density at radius 3 is 2.50 bits per heavy atom. The number of methoxy groups -OCH3 is 1. The number of benzene rings is 2. The van der Waals surface area contributed by atoms with E-state index in [2.05, 4.69) is 21.5 Å². The zero-order valence-corrected chi connectivity index (χ0v) is 14.4. The summed E-state index contributed by atoms with van der Waals surface area (Å²) in [5.41, 5.74) is 7.94. The highest BCUT2D eigenvalue weighted by atomic mass is 32.1. The first-order chi connectivity index (χ1) is 11.6. The van der Waals surface area contributed by atoms with Gasteiger partial charge < -0.3 is 15.4 Å². The molecule has 0 saturated carbocycles. The monoisotopic (exact) mass is 344 g/mol. The molecule has 0 fully saturated rings. The largest absolute Gasteiger partial charge is 0.495 e. The van der Waals surface area contributed by atoms with Crippen molar-refractivity contribution in [2.45, 2.75) is 6.92 Å². The van der Waals surface area contributed by atoms with Crippen molar-refractivity contribution in [2.24, 2.45) is 0 Å². The SMILES string of the molecule is COc1ccccc1NCC(=O)NNC(=S)Nc1ccc(C)cc1. The normalized spacial score (nSPS) is 9.75. The molecule has 0 radical (unpaired) electrons. The number of nitrogens with one attached hydrogen (secondary N) is 4. The number of carbonyl (C=O) groups excluding carboxylic acids is 1. The molecule has 2 aromatic carbocycles. The highest BCUT2D eigenvalue weighted by Gasteiger charge is 2.05. The molecule has 1 amide bonds. The minimum Gasteiger partial charge on any atom is -0.495 e. The maximum Gasteiger partial charge on any atom is 0.257 e. The lowest BCUT2D eigenvalue weighted by atomic mass is 10.2. The number of carbonyl (C=O) groups is 1. The lowest BCUT2D eigenvalue weighted by Crippen LogP contribution is -2.45. The van der Waals surface area contributed by atoms with Gasteiger partial charge in [-0.05, 0) is 43.4 Å². The minimum atomic E-state index is -0.256. The molecular weight excluding hydrogens is 324 g/mol. The number of thiocarbonyl (C=S) groups is 1. The van der Waals surface area contributed by atoms with Crippen molar-refractivity contribution < 1.29 is 9.53 Å². The Hall–Kier alpha value is -2.80. The van der Waals surface area contributed by atoms with Gasteiger partial charge in [-0.3, -0.25) is 15.6 Å². The molecule has 0 spiro atoms. The standard InChI is InChI=1S/C17H20N4O2S/c1-12-7-9-13(10-8-12)19-17(24)21-20-16(22)11-18-14-5-3-4-6-15(14)23-2/h3-10,18H,11H2,1-2H3,(H,20,22)(H2,19,21,24). The topological polar surface area (TPSA) is 74.4 Å². The molecule has 0 aliphatic heterocycles. The molecule has 0 aliphatic carbocycles. The first kappa shape index (κ1) is 17.6. The van der Waals surface area contributed by atoms with Gasteiger partial charge in [-0.2, -0.15) is 0 Å². The van der Waals surface area contributed by atoms with Gasteiger partial charge in [-0.1, -0.05) is 29.8 Å². The van der Waals surface area contributed by atoms with E-state index >= 15 is 0 Å². The van der Waals surface area contributed by atoms with Crippen molar-refractivity contribution in [2.75, 3.05) is 24.3 Å². The van der Waals surface area contributed by atoms with E-state index in [4.69, 9.17) is 17.0 Å². The van der Waals surface area contributed by atoms with Crippen molar-refractivity contribution in [3.63, 3.8) is 0 Å². The Bertz CT molecular complexity index is 704. The van der Waals surface area contributed by atoms with Crippen LogP contribution in [0.15, 0.2) is 48.5 Å². The van der Waals surface area contributed by atoms with Crippen molar-refractivity contribution in [3.8, 4) is 5.75 Å². The molecule has 6 nitrogen and oxygen atoms in total. The van der Waals surface area contributed by atoms with E-state index < -0.39 is 0 Å². The summed E-state index contributed by atoms with van der Waals surface area (Å²) in [5.74, 6) is 0.420. The Morgan fingerprint density at radius 1 is 1.08 bits per heavy atom. The first-order valence-electron chi connectivity index (χ1n) is 7.38. The lowest BCUT2D eigenvalue weighted by molar-refractivity contribution is -0.119. The predicted molar refractivity (Wildman–Crippen MR) is 100 cm³/mol.